The predicted molar refractivity (Wildman–Crippen MR) is 84.8 cm³/mol. The van der Waals surface area contributed by atoms with Gasteiger partial charge in [0.2, 0.25) is 0 Å². The van der Waals surface area contributed by atoms with E-state index in [2.05, 4.69) is 0 Å². The molecule has 2 rings (SSSR count). The Balaban J connectivity index is 2.63. The second kappa shape index (κ2) is 7.03. The van der Waals surface area contributed by atoms with E-state index in [1.54, 1.807) is 0 Å². The molecule has 0 fully saturated rings. The molecule has 0 atom stereocenters. The van der Waals surface area contributed by atoms with Gasteiger partial charge in [-0.2, -0.15) is 0 Å². The Morgan fingerprint density at radius 1 is 0.538 bits per heavy atom. The summed E-state index contributed by atoms with van der Waals surface area (Å²) >= 11 is 0. The maximum Gasteiger partial charge on any atom is 0.335 e. The summed E-state index contributed by atoms with van der Waals surface area (Å²) in [6, 6.07) is 5.88. The number of carboxylic acids is 4. The van der Waals surface area contributed by atoms with Gasteiger partial charge in [0.1, 0.15) is 6.10 Å². The maximum absolute atomic E-state index is 11.1. The highest BCUT2D eigenvalue weighted by Crippen LogP contribution is 2.26. The van der Waals surface area contributed by atoms with Gasteiger partial charge in [0.05, 0.1) is 22.3 Å². The third-order valence-electron chi connectivity index (χ3n) is 3.53. The molecule has 0 aliphatic rings. The third kappa shape index (κ3) is 3.84. The molecule has 0 saturated carbocycles. The molecule has 0 heterocycles. The molecule has 0 aromatic heterocycles. The molecule has 0 aliphatic carbocycles. The quantitative estimate of drug-likeness (QED) is 0.513. The molecular weight excluding hydrogens is 348 g/mol. The minimum absolute atomic E-state index is 0.138. The molecule has 2 aromatic carbocycles. The fourth-order valence-corrected chi connectivity index (χ4v) is 2.31. The van der Waals surface area contributed by atoms with Crippen LogP contribution in [0.25, 0.3) is 0 Å². The molecule has 0 radical (unpaired) electrons. The lowest BCUT2D eigenvalue weighted by atomic mass is 9.94. The number of hydrogen-bond donors (Lipinski definition) is 5. The van der Waals surface area contributed by atoms with Gasteiger partial charge < -0.3 is 25.5 Å². The number of aromatic carboxylic acids is 4. The van der Waals surface area contributed by atoms with Gasteiger partial charge >= 0.3 is 23.9 Å². The van der Waals surface area contributed by atoms with Crippen molar-refractivity contribution in [3.8, 4) is 0 Å². The van der Waals surface area contributed by atoms with E-state index in [1.165, 1.54) is 0 Å². The normalized spacial score (nSPS) is 10.5. The summed E-state index contributed by atoms with van der Waals surface area (Å²) in [7, 11) is 0. The van der Waals surface area contributed by atoms with Crippen LogP contribution in [0, 0.1) is 0 Å². The summed E-state index contributed by atoms with van der Waals surface area (Å²) in [5.41, 5.74) is -1.86. The second-order valence-electron chi connectivity index (χ2n) is 5.31. The van der Waals surface area contributed by atoms with Crippen LogP contribution in [-0.4, -0.2) is 49.4 Å². The molecule has 0 spiro atoms. The molecule has 134 valence electrons. The van der Waals surface area contributed by atoms with E-state index in [0.717, 1.165) is 36.4 Å². The topological polar surface area (TPSA) is 169 Å². The Labute approximate surface area is 145 Å². The standard InChI is InChI=1S/C17H12O9/c18-13(7-1-9(14(19)20)5-10(2-7)15(21)22)8-3-11(16(23)24)6-12(4-8)17(25)26/h1-6,13,18H,(H,19,20)(H,21,22)(H,23,24)(H,25,26). The van der Waals surface area contributed by atoms with E-state index in [-0.39, 0.29) is 11.1 Å². The zero-order valence-corrected chi connectivity index (χ0v) is 12.9. The Morgan fingerprint density at radius 2 is 0.769 bits per heavy atom. The van der Waals surface area contributed by atoms with Gasteiger partial charge in [-0.1, -0.05) is 0 Å². The summed E-state index contributed by atoms with van der Waals surface area (Å²) < 4.78 is 0. The lowest BCUT2D eigenvalue weighted by molar-refractivity contribution is 0.0676. The van der Waals surface area contributed by atoms with E-state index in [1.807, 2.05) is 0 Å². The molecule has 2 aromatic rings. The summed E-state index contributed by atoms with van der Waals surface area (Å²) in [4.78, 5) is 44.6. The van der Waals surface area contributed by atoms with E-state index >= 15 is 0 Å². The second-order valence-corrected chi connectivity index (χ2v) is 5.31. The van der Waals surface area contributed by atoms with Crippen LogP contribution in [0.4, 0.5) is 0 Å². The first-order valence-corrected chi connectivity index (χ1v) is 7.01. The predicted octanol–water partition coefficient (Wildman–Crippen LogP) is 1.56. The maximum atomic E-state index is 11.1. The summed E-state index contributed by atoms with van der Waals surface area (Å²) in [6.07, 6.45) is -1.63. The van der Waals surface area contributed by atoms with Gasteiger partial charge in [-0.25, -0.2) is 19.2 Å². The zero-order chi connectivity index (χ0) is 19.6. The number of hydrogen-bond acceptors (Lipinski definition) is 5. The summed E-state index contributed by atoms with van der Waals surface area (Å²) in [5, 5.41) is 46.7. The Bertz CT molecular complexity index is 790. The van der Waals surface area contributed by atoms with Crippen molar-refractivity contribution in [2.75, 3.05) is 0 Å². The number of aliphatic hydroxyl groups is 1. The van der Waals surface area contributed by atoms with E-state index in [0.29, 0.717) is 0 Å². The Morgan fingerprint density at radius 3 is 0.962 bits per heavy atom. The summed E-state index contributed by atoms with van der Waals surface area (Å²) in [6.45, 7) is 0. The van der Waals surface area contributed by atoms with Crippen LogP contribution < -0.4 is 0 Å². The lowest BCUT2D eigenvalue weighted by Gasteiger charge is -2.15. The lowest BCUT2D eigenvalue weighted by Crippen LogP contribution is -2.10. The van der Waals surface area contributed by atoms with Crippen LogP contribution in [0.5, 0.6) is 0 Å². The van der Waals surface area contributed by atoms with Gasteiger partial charge in [0.15, 0.2) is 0 Å². The zero-order valence-electron chi connectivity index (χ0n) is 12.9. The van der Waals surface area contributed by atoms with E-state index in [4.69, 9.17) is 20.4 Å². The molecule has 5 N–H and O–H groups in total. The summed E-state index contributed by atoms with van der Waals surface area (Å²) in [5.74, 6) is -5.70. The molecule has 0 bridgehead atoms. The number of carboxylic acid groups (broad SMARTS) is 4. The average Bonchev–Trinajstić information content (AvgIpc) is 2.59. The van der Waals surface area contributed by atoms with Crippen molar-refractivity contribution in [1.82, 2.24) is 0 Å². The molecule has 0 unspecified atom stereocenters. The highest BCUT2D eigenvalue weighted by molar-refractivity contribution is 5.95. The highest BCUT2D eigenvalue weighted by Gasteiger charge is 2.20. The van der Waals surface area contributed by atoms with Crippen LogP contribution in [0.1, 0.15) is 58.7 Å². The van der Waals surface area contributed by atoms with E-state index < -0.39 is 52.2 Å². The molecule has 9 heteroatoms. The smallest absolute Gasteiger partial charge is 0.335 e. The molecular formula is C17H12O9. The first-order valence-electron chi connectivity index (χ1n) is 7.01. The van der Waals surface area contributed by atoms with Crippen molar-refractivity contribution in [1.29, 1.82) is 0 Å². The average molecular weight is 360 g/mol. The van der Waals surface area contributed by atoms with Crippen molar-refractivity contribution < 1.29 is 44.7 Å². The van der Waals surface area contributed by atoms with Crippen LogP contribution >= 0.6 is 0 Å². The molecule has 0 aliphatic heterocycles. The number of benzene rings is 2. The molecule has 26 heavy (non-hydrogen) atoms. The van der Waals surface area contributed by atoms with Crippen molar-refractivity contribution in [3.05, 3.63) is 69.8 Å². The van der Waals surface area contributed by atoms with Gasteiger partial charge in [0.25, 0.3) is 0 Å². The highest BCUT2D eigenvalue weighted by atomic mass is 16.4. The van der Waals surface area contributed by atoms with E-state index in [9.17, 15) is 24.3 Å². The molecule has 0 saturated heterocycles. The Hall–Kier alpha value is -3.72. The van der Waals surface area contributed by atoms with Crippen LogP contribution in [-0.2, 0) is 0 Å². The van der Waals surface area contributed by atoms with Gasteiger partial charge in [-0.15, -0.1) is 0 Å². The van der Waals surface area contributed by atoms with Crippen molar-refractivity contribution in [3.63, 3.8) is 0 Å². The van der Waals surface area contributed by atoms with Gasteiger partial charge in [-0.05, 0) is 47.5 Å². The third-order valence-corrected chi connectivity index (χ3v) is 3.53. The van der Waals surface area contributed by atoms with Crippen LogP contribution in [0.2, 0.25) is 0 Å². The first kappa shape index (κ1) is 18.6. The monoisotopic (exact) mass is 360 g/mol. The van der Waals surface area contributed by atoms with Crippen LogP contribution in [0.15, 0.2) is 36.4 Å². The minimum Gasteiger partial charge on any atom is -0.478 e. The fourth-order valence-electron chi connectivity index (χ4n) is 2.31. The molecule has 0 amide bonds. The number of aliphatic hydroxyl groups excluding tert-OH is 1. The number of carbonyl (C=O) groups is 4. The minimum atomic E-state index is -1.63. The SMILES string of the molecule is O=C(O)c1cc(C(=O)O)cc(C(O)c2cc(C(=O)O)cc(C(=O)O)c2)c1. The van der Waals surface area contributed by atoms with Crippen LogP contribution in [0.3, 0.4) is 0 Å². The number of rotatable bonds is 6. The van der Waals surface area contributed by atoms with Crippen molar-refractivity contribution in [2.24, 2.45) is 0 Å². The fraction of sp³-hybridized carbons (Fsp3) is 0.0588. The largest absolute Gasteiger partial charge is 0.478 e. The first-order chi connectivity index (χ1) is 12.1. The Kier molecular flexibility index (Phi) is 5.03. The van der Waals surface area contributed by atoms with Crippen molar-refractivity contribution in [2.45, 2.75) is 6.10 Å². The van der Waals surface area contributed by atoms with Gasteiger partial charge in [-0.3, -0.25) is 0 Å². The van der Waals surface area contributed by atoms with Crippen molar-refractivity contribution >= 4 is 23.9 Å². The van der Waals surface area contributed by atoms with Gasteiger partial charge in [0, 0.05) is 0 Å². The molecule has 9 nitrogen and oxygen atoms in total.